The fourth-order valence-electron chi connectivity index (χ4n) is 3.39. The highest BCUT2D eigenvalue weighted by Gasteiger charge is 2.12. The van der Waals surface area contributed by atoms with Crippen molar-refractivity contribution in [3.05, 3.63) is 0 Å². The van der Waals surface area contributed by atoms with Crippen LogP contribution in [0.15, 0.2) is 0 Å². The van der Waals surface area contributed by atoms with Gasteiger partial charge in [0.1, 0.15) is 0 Å². The summed E-state index contributed by atoms with van der Waals surface area (Å²) in [7, 11) is 0. The fourth-order valence-corrected chi connectivity index (χ4v) is 3.39. The Labute approximate surface area is 157 Å². The highest BCUT2D eigenvalue weighted by Crippen LogP contribution is 2.06. The van der Waals surface area contributed by atoms with Crippen LogP contribution in [0.3, 0.4) is 0 Å². The lowest BCUT2D eigenvalue weighted by Gasteiger charge is -2.26. The minimum absolute atomic E-state index is 0.0945. The van der Waals surface area contributed by atoms with Gasteiger partial charge in [0.05, 0.1) is 0 Å². The van der Waals surface area contributed by atoms with Gasteiger partial charge in [-0.3, -0.25) is 10.9 Å². The normalized spacial score (nSPS) is 18.9. The molecule has 0 radical (unpaired) electrons. The molecule has 4 amide bonds. The summed E-state index contributed by atoms with van der Waals surface area (Å²) in [5.74, 6) is 0. The van der Waals surface area contributed by atoms with E-state index in [1.54, 1.807) is 0 Å². The van der Waals surface area contributed by atoms with Gasteiger partial charge in [0, 0.05) is 39.3 Å². The zero-order valence-corrected chi connectivity index (χ0v) is 16.0. The number of unbranched alkanes of at least 4 members (excludes halogenated alkanes) is 3. The van der Waals surface area contributed by atoms with E-state index >= 15 is 0 Å². The first-order valence-electron chi connectivity index (χ1n) is 10.3. The van der Waals surface area contributed by atoms with Crippen molar-refractivity contribution in [2.45, 2.75) is 64.2 Å². The summed E-state index contributed by atoms with van der Waals surface area (Å²) in [4.78, 5) is 23.5. The summed E-state index contributed by atoms with van der Waals surface area (Å²) >= 11 is 0. The van der Waals surface area contributed by atoms with E-state index in [1.165, 1.54) is 12.8 Å². The minimum Gasteiger partial charge on any atom is -0.337 e. The molecule has 2 rings (SSSR count). The standard InChI is InChI=1S/C18H36N6O2/c25-17(21-23-13-7-3-8-14-23)19-11-5-1-2-6-12-20-18(26)22-24-15-9-4-10-16-24/h1-16H2,(H2,19,21,25)(H2,20,22,26). The number of urea groups is 2. The zero-order chi connectivity index (χ0) is 18.5. The summed E-state index contributed by atoms with van der Waals surface area (Å²) in [5.41, 5.74) is 5.80. The molecule has 2 aliphatic rings. The van der Waals surface area contributed by atoms with Crippen LogP contribution in [-0.2, 0) is 0 Å². The maximum atomic E-state index is 11.8. The van der Waals surface area contributed by atoms with Crippen LogP contribution in [0.5, 0.6) is 0 Å². The maximum absolute atomic E-state index is 11.8. The largest absolute Gasteiger partial charge is 0.337 e. The lowest BCUT2D eigenvalue weighted by Crippen LogP contribution is -2.49. The van der Waals surface area contributed by atoms with Crippen LogP contribution in [0.4, 0.5) is 9.59 Å². The number of carbonyl (C=O) groups excluding carboxylic acids is 2. The zero-order valence-electron chi connectivity index (χ0n) is 16.0. The molecule has 0 aromatic rings. The quantitative estimate of drug-likeness (QED) is 0.468. The molecule has 2 aliphatic heterocycles. The van der Waals surface area contributed by atoms with Crippen molar-refractivity contribution < 1.29 is 9.59 Å². The van der Waals surface area contributed by atoms with E-state index in [1.807, 2.05) is 10.0 Å². The smallest absolute Gasteiger partial charge is 0.329 e. The number of hydrazine groups is 2. The van der Waals surface area contributed by atoms with E-state index in [-0.39, 0.29) is 12.1 Å². The monoisotopic (exact) mass is 368 g/mol. The minimum atomic E-state index is -0.0945. The average molecular weight is 369 g/mol. The van der Waals surface area contributed by atoms with Crippen molar-refractivity contribution in [1.82, 2.24) is 31.5 Å². The van der Waals surface area contributed by atoms with Crippen molar-refractivity contribution in [2.75, 3.05) is 39.3 Å². The van der Waals surface area contributed by atoms with Crippen LogP contribution < -0.4 is 21.5 Å². The molecule has 0 aromatic heterocycles. The van der Waals surface area contributed by atoms with Crippen LogP contribution >= 0.6 is 0 Å². The van der Waals surface area contributed by atoms with Crippen molar-refractivity contribution in [3.8, 4) is 0 Å². The first-order valence-corrected chi connectivity index (χ1v) is 10.3. The second-order valence-electron chi connectivity index (χ2n) is 7.25. The van der Waals surface area contributed by atoms with Gasteiger partial charge in [-0.2, -0.15) is 0 Å². The van der Waals surface area contributed by atoms with Gasteiger partial charge in [-0.15, -0.1) is 0 Å². The van der Waals surface area contributed by atoms with Crippen LogP contribution in [0.2, 0.25) is 0 Å². The average Bonchev–Trinajstić information content (AvgIpc) is 2.65. The molecule has 2 saturated heterocycles. The van der Waals surface area contributed by atoms with Crippen molar-refractivity contribution >= 4 is 12.1 Å². The molecule has 0 unspecified atom stereocenters. The van der Waals surface area contributed by atoms with Gasteiger partial charge in [0.15, 0.2) is 0 Å². The van der Waals surface area contributed by atoms with E-state index in [2.05, 4.69) is 21.5 Å². The van der Waals surface area contributed by atoms with E-state index < -0.39 is 0 Å². The Morgan fingerprint density at radius 3 is 1.35 bits per heavy atom. The van der Waals surface area contributed by atoms with Gasteiger partial charge in [-0.1, -0.05) is 25.7 Å². The molecule has 150 valence electrons. The number of amides is 4. The van der Waals surface area contributed by atoms with E-state index in [0.29, 0.717) is 13.1 Å². The summed E-state index contributed by atoms with van der Waals surface area (Å²) in [6.45, 7) is 5.19. The predicted octanol–water partition coefficient (Wildman–Crippen LogP) is 1.95. The molecule has 8 nitrogen and oxygen atoms in total. The van der Waals surface area contributed by atoms with E-state index in [9.17, 15) is 9.59 Å². The molecule has 8 heteroatoms. The van der Waals surface area contributed by atoms with Crippen molar-refractivity contribution in [1.29, 1.82) is 0 Å². The number of hydrogen-bond donors (Lipinski definition) is 4. The Morgan fingerprint density at radius 1 is 0.577 bits per heavy atom. The lowest BCUT2D eigenvalue weighted by molar-refractivity contribution is 0.154. The summed E-state index contributed by atoms with van der Waals surface area (Å²) in [6.07, 6.45) is 11.2. The van der Waals surface area contributed by atoms with Crippen LogP contribution in [-0.4, -0.2) is 61.3 Å². The van der Waals surface area contributed by atoms with Gasteiger partial charge >= 0.3 is 12.1 Å². The number of rotatable bonds is 9. The summed E-state index contributed by atoms with van der Waals surface area (Å²) < 4.78 is 0. The van der Waals surface area contributed by atoms with Gasteiger partial charge in [-0.05, 0) is 38.5 Å². The third-order valence-electron chi connectivity index (χ3n) is 4.91. The number of piperidine rings is 2. The summed E-state index contributed by atoms with van der Waals surface area (Å²) in [5, 5.41) is 9.81. The van der Waals surface area contributed by atoms with Crippen molar-refractivity contribution in [2.24, 2.45) is 0 Å². The third kappa shape index (κ3) is 9.24. The highest BCUT2D eigenvalue weighted by molar-refractivity contribution is 5.73. The Kier molecular flexibility index (Phi) is 10.2. The molecule has 0 bridgehead atoms. The van der Waals surface area contributed by atoms with Crippen LogP contribution in [0, 0.1) is 0 Å². The Bertz CT molecular complexity index is 370. The molecule has 2 fully saturated rings. The molecule has 4 N–H and O–H groups in total. The first kappa shape index (κ1) is 20.8. The molecule has 0 saturated carbocycles. The Hall–Kier alpha value is -1.54. The Balaban J connectivity index is 1.36. The maximum Gasteiger partial charge on any atom is 0.329 e. The molecule has 0 spiro atoms. The van der Waals surface area contributed by atoms with Gasteiger partial charge in [0.2, 0.25) is 0 Å². The van der Waals surface area contributed by atoms with Crippen LogP contribution in [0.1, 0.15) is 64.2 Å². The molecular formula is C18H36N6O2. The van der Waals surface area contributed by atoms with Gasteiger partial charge in [-0.25, -0.2) is 19.6 Å². The van der Waals surface area contributed by atoms with E-state index in [0.717, 1.165) is 77.5 Å². The van der Waals surface area contributed by atoms with E-state index in [4.69, 9.17) is 0 Å². The topological polar surface area (TPSA) is 88.7 Å². The molecule has 0 aliphatic carbocycles. The second kappa shape index (κ2) is 12.8. The molecular weight excluding hydrogens is 332 g/mol. The highest BCUT2D eigenvalue weighted by atomic mass is 16.2. The van der Waals surface area contributed by atoms with Gasteiger partial charge in [0.25, 0.3) is 0 Å². The first-order chi connectivity index (χ1) is 12.7. The van der Waals surface area contributed by atoms with Crippen LogP contribution in [0.25, 0.3) is 0 Å². The van der Waals surface area contributed by atoms with Gasteiger partial charge < -0.3 is 10.6 Å². The molecule has 0 aromatic carbocycles. The fraction of sp³-hybridized carbons (Fsp3) is 0.889. The third-order valence-corrected chi connectivity index (χ3v) is 4.91. The summed E-state index contributed by atoms with van der Waals surface area (Å²) in [6, 6.07) is -0.189. The SMILES string of the molecule is O=C(NCCCCCCNC(=O)NN1CCCCC1)NN1CCCCC1. The molecule has 2 heterocycles. The number of nitrogens with zero attached hydrogens (tertiary/aromatic N) is 2. The molecule has 26 heavy (non-hydrogen) atoms. The number of hydrogen-bond acceptors (Lipinski definition) is 4. The lowest BCUT2D eigenvalue weighted by atomic mass is 10.2. The number of nitrogens with one attached hydrogen (secondary N) is 4. The number of carbonyl (C=O) groups is 2. The Morgan fingerprint density at radius 2 is 0.962 bits per heavy atom. The second-order valence-corrected chi connectivity index (χ2v) is 7.25. The predicted molar refractivity (Wildman–Crippen MR) is 102 cm³/mol. The molecule has 0 atom stereocenters. The van der Waals surface area contributed by atoms with Crippen molar-refractivity contribution in [3.63, 3.8) is 0 Å².